The molecule has 2 rings (SSSR count). The number of hydrogen-bond donors (Lipinski definition) is 0. The molecule has 0 amide bonds. The van der Waals surface area contributed by atoms with Crippen LogP contribution < -0.4 is 9.47 Å². The maximum atomic E-state index is 5.56. The summed E-state index contributed by atoms with van der Waals surface area (Å²) in [4.78, 5) is 0. The van der Waals surface area contributed by atoms with E-state index >= 15 is 0 Å². The second-order valence-corrected chi connectivity index (χ2v) is 3.11. The fourth-order valence-corrected chi connectivity index (χ4v) is 1.34. The summed E-state index contributed by atoms with van der Waals surface area (Å²) < 4.78 is 16.4. The zero-order valence-electron chi connectivity index (χ0n) is 8.07. The summed E-state index contributed by atoms with van der Waals surface area (Å²) >= 11 is 0. The Kier molecular flexibility index (Phi) is 3.24. The minimum Gasteiger partial charge on any atom is -0.490 e. The van der Waals surface area contributed by atoms with E-state index in [1.54, 1.807) is 0 Å². The maximum absolute atomic E-state index is 5.56. The predicted molar refractivity (Wildman–Crippen MR) is 52.9 cm³/mol. The van der Waals surface area contributed by atoms with Crippen LogP contribution in [0.1, 0.15) is 6.42 Å². The normalized spacial score (nSPS) is 17.4. The number of fused-ring (bicyclic) bond motifs is 1. The van der Waals surface area contributed by atoms with Crippen molar-refractivity contribution in [1.82, 2.24) is 0 Å². The summed E-state index contributed by atoms with van der Waals surface area (Å²) in [7, 11) is 0. The van der Waals surface area contributed by atoms with Crippen molar-refractivity contribution >= 4 is 0 Å². The van der Waals surface area contributed by atoms with E-state index < -0.39 is 0 Å². The first-order valence-electron chi connectivity index (χ1n) is 4.89. The van der Waals surface area contributed by atoms with Crippen molar-refractivity contribution in [1.29, 1.82) is 0 Å². The maximum Gasteiger partial charge on any atom is 0.161 e. The average Bonchev–Trinajstić information content (AvgIpc) is 2.25. The summed E-state index contributed by atoms with van der Waals surface area (Å²) in [5, 5.41) is 0. The van der Waals surface area contributed by atoms with Gasteiger partial charge in [0, 0.05) is 13.0 Å². The van der Waals surface area contributed by atoms with Crippen LogP contribution in [0.2, 0.25) is 0 Å². The van der Waals surface area contributed by atoms with E-state index in [0.29, 0.717) is 19.8 Å². The van der Waals surface area contributed by atoms with Crippen molar-refractivity contribution in [3.05, 3.63) is 24.3 Å². The highest BCUT2D eigenvalue weighted by Gasteiger charge is 2.05. The van der Waals surface area contributed by atoms with E-state index in [1.807, 2.05) is 24.3 Å². The average molecular weight is 194 g/mol. The summed E-state index contributed by atoms with van der Waals surface area (Å²) in [6.45, 7) is 2.65. The van der Waals surface area contributed by atoms with Crippen LogP contribution in [-0.4, -0.2) is 26.4 Å². The molecule has 1 aliphatic rings. The Balaban J connectivity index is 2.10. The van der Waals surface area contributed by atoms with Gasteiger partial charge >= 0.3 is 0 Å². The third kappa shape index (κ3) is 2.39. The third-order valence-electron chi connectivity index (χ3n) is 2.02. The lowest BCUT2D eigenvalue weighted by atomic mass is 10.3. The molecule has 14 heavy (non-hydrogen) atoms. The molecule has 0 atom stereocenters. The first-order chi connectivity index (χ1) is 6.97. The molecule has 0 aliphatic carbocycles. The molecule has 0 spiro atoms. The smallest absolute Gasteiger partial charge is 0.161 e. The molecule has 76 valence electrons. The summed E-state index contributed by atoms with van der Waals surface area (Å²) in [5.74, 6) is 1.63. The zero-order valence-corrected chi connectivity index (χ0v) is 8.07. The molecule has 0 fully saturated rings. The molecule has 0 aromatic heterocycles. The largest absolute Gasteiger partial charge is 0.490 e. The lowest BCUT2D eigenvalue weighted by molar-refractivity contribution is 0.0816. The third-order valence-corrected chi connectivity index (χ3v) is 2.02. The molecule has 0 radical (unpaired) electrons. The van der Waals surface area contributed by atoms with Gasteiger partial charge in [0.25, 0.3) is 0 Å². The predicted octanol–water partition coefficient (Wildman–Crippen LogP) is 1.86. The van der Waals surface area contributed by atoms with Crippen molar-refractivity contribution in [2.45, 2.75) is 6.42 Å². The van der Waals surface area contributed by atoms with Crippen LogP contribution in [-0.2, 0) is 4.74 Å². The van der Waals surface area contributed by atoms with Crippen molar-refractivity contribution in [3.8, 4) is 11.5 Å². The van der Waals surface area contributed by atoms with Gasteiger partial charge in [-0.2, -0.15) is 0 Å². The van der Waals surface area contributed by atoms with Gasteiger partial charge < -0.3 is 14.2 Å². The van der Waals surface area contributed by atoms with Gasteiger partial charge in [-0.15, -0.1) is 0 Å². The van der Waals surface area contributed by atoms with Crippen molar-refractivity contribution < 1.29 is 14.2 Å². The number of hydrogen-bond acceptors (Lipinski definition) is 3. The Labute approximate surface area is 83.6 Å². The van der Waals surface area contributed by atoms with Gasteiger partial charge in [0.1, 0.15) is 6.61 Å². The first kappa shape index (κ1) is 9.34. The van der Waals surface area contributed by atoms with Gasteiger partial charge in [-0.3, -0.25) is 0 Å². The van der Waals surface area contributed by atoms with Crippen LogP contribution in [0.25, 0.3) is 0 Å². The van der Waals surface area contributed by atoms with E-state index in [4.69, 9.17) is 14.2 Å². The monoisotopic (exact) mass is 194 g/mol. The Bertz CT molecular complexity index is 257. The molecule has 3 nitrogen and oxygen atoms in total. The van der Waals surface area contributed by atoms with Crippen LogP contribution in [0, 0.1) is 0 Å². The van der Waals surface area contributed by atoms with Gasteiger partial charge in [-0.05, 0) is 12.1 Å². The van der Waals surface area contributed by atoms with Gasteiger partial charge in [0.05, 0.1) is 13.2 Å². The minimum atomic E-state index is 0.584. The van der Waals surface area contributed by atoms with Crippen LogP contribution in [0.3, 0.4) is 0 Å². The fraction of sp³-hybridized carbons (Fsp3) is 0.455. The second-order valence-electron chi connectivity index (χ2n) is 3.11. The van der Waals surface area contributed by atoms with Crippen LogP contribution in [0.4, 0.5) is 0 Å². The SMILES string of the molecule is c1ccc2c(c1)OCCCOCCO2. The Morgan fingerprint density at radius 1 is 0.786 bits per heavy atom. The molecule has 3 heteroatoms. The highest BCUT2D eigenvalue weighted by molar-refractivity contribution is 5.39. The van der Waals surface area contributed by atoms with Gasteiger partial charge in [-0.1, -0.05) is 12.1 Å². The van der Waals surface area contributed by atoms with E-state index in [1.165, 1.54) is 0 Å². The van der Waals surface area contributed by atoms with Gasteiger partial charge in [0.2, 0.25) is 0 Å². The Morgan fingerprint density at radius 3 is 2.29 bits per heavy atom. The van der Waals surface area contributed by atoms with E-state index in [2.05, 4.69) is 0 Å². The summed E-state index contributed by atoms with van der Waals surface area (Å²) in [6.07, 6.45) is 0.925. The van der Waals surface area contributed by atoms with Crippen LogP contribution >= 0.6 is 0 Å². The molecule has 1 aromatic rings. The molecule has 0 unspecified atom stereocenters. The number of benzene rings is 1. The van der Waals surface area contributed by atoms with Gasteiger partial charge in [-0.25, -0.2) is 0 Å². The standard InChI is InChI=1S/C11H14O3/c1-2-5-11-10(4-1)13-7-3-6-12-8-9-14-11/h1-2,4-5H,3,6-9H2. The van der Waals surface area contributed by atoms with Crippen molar-refractivity contribution in [3.63, 3.8) is 0 Å². The van der Waals surface area contributed by atoms with Crippen LogP contribution in [0.5, 0.6) is 11.5 Å². The molecule has 0 bridgehead atoms. The Hall–Kier alpha value is -1.22. The molecular formula is C11H14O3. The minimum absolute atomic E-state index is 0.584. The highest BCUT2D eigenvalue weighted by atomic mass is 16.5. The molecule has 0 saturated carbocycles. The number of ether oxygens (including phenoxy) is 3. The molecule has 1 heterocycles. The molecular weight excluding hydrogens is 180 g/mol. The van der Waals surface area contributed by atoms with E-state index in [9.17, 15) is 0 Å². The fourth-order valence-electron chi connectivity index (χ4n) is 1.34. The molecule has 0 N–H and O–H groups in total. The quantitative estimate of drug-likeness (QED) is 0.631. The van der Waals surface area contributed by atoms with Crippen molar-refractivity contribution in [2.75, 3.05) is 26.4 Å². The van der Waals surface area contributed by atoms with Gasteiger partial charge in [0.15, 0.2) is 11.5 Å². The van der Waals surface area contributed by atoms with E-state index in [0.717, 1.165) is 24.5 Å². The highest BCUT2D eigenvalue weighted by Crippen LogP contribution is 2.26. The number of para-hydroxylation sites is 2. The summed E-state index contributed by atoms with van der Waals surface area (Å²) in [5.41, 5.74) is 0. The topological polar surface area (TPSA) is 27.7 Å². The first-order valence-corrected chi connectivity index (χ1v) is 4.89. The molecule has 1 aromatic carbocycles. The summed E-state index contributed by atoms with van der Waals surface area (Å²) in [6, 6.07) is 7.73. The number of rotatable bonds is 0. The second kappa shape index (κ2) is 4.86. The van der Waals surface area contributed by atoms with Crippen molar-refractivity contribution in [2.24, 2.45) is 0 Å². The zero-order chi connectivity index (χ0) is 9.64. The lowest BCUT2D eigenvalue weighted by Crippen LogP contribution is -2.12. The Morgan fingerprint density at radius 2 is 1.50 bits per heavy atom. The molecule has 0 saturated heterocycles. The van der Waals surface area contributed by atoms with E-state index in [-0.39, 0.29) is 0 Å². The lowest BCUT2D eigenvalue weighted by Gasteiger charge is -2.14. The molecule has 1 aliphatic heterocycles. The van der Waals surface area contributed by atoms with Crippen LogP contribution in [0.15, 0.2) is 24.3 Å².